The predicted octanol–water partition coefficient (Wildman–Crippen LogP) is 1.23. The lowest BCUT2D eigenvalue weighted by molar-refractivity contribution is -0.137. The molecule has 1 heterocycles. The molecule has 5 nitrogen and oxygen atoms in total. The van der Waals surface area contributed by atoms with Gasteiger partial charge in [-0.3, -0.25) is 9.78 Å². The van der Waals surface area contributed by atoms with E-state index >= 15 is 0 Å². The van der Waals surface area contributed by atoms with E-state index < -0.39 is 23.7 Å². The molecule has 0 aromatic carbocycles. The van der Waals surface area contributed by atoms with Crippen LogP contribution in [0.2, 0.25) is 0 Å². The standard InChI is InChI=1S/C12H15F3N2O3/c1-20-7-9(4-5-18)17-11(19)10-3-2-8(6-16-10)12(13,14)15/h2-3,6,9,18H,4-5,7H2,1H3,(H,17,19). The summed E-state index contributed by atoms with van der Waals surface area (Å²) in [7, 11) is 1.44. The summed E-state index contributed by atoms with van der Waals surface area (Å²) < 4.78 is 41.9. The van der Waals surface area contributed by atoms with E-state index in [1.54, 1.807) is 0 Å². The van der Waals surface area contributed by atoms with Crippen molar-refractivity contribution >= 4 is 5.91 Å². The van der Waals surface area contributed by atoms with Gasteiger partial charge in [-0.15, -0.1) is 0 Å². The third kappa shape index (κ3) is 4.78. The molecule has 0 saturated heterocycles. The number of methoxy groups -OCH3 is 1. The average molecular weight is 292 g/mol. The Kier molecular flexibility index (Phi) is 5.90. The summed E-state index contributed by atoms with van der Waals surface area (Å²) >= 11 is 0. The first-order chi connectivity index (χ1) is 9.38. The maximum atomic E-state index is 12.3. The lowest BCUT2D eigenvalue weighted by atomic mass is 10.2. The molecule has 8 heteroatoms. The first-order valence-electron chi connectivity index (χ1n) is 5.82. The van der Waals surface area contributed by atoms with Crippen molar-refractivity contribution in [3.63, 3.8) is 0 Å². The molecule has 0 saturated carbocycles. The fourth-order valence-electron chi connectivity index (χ4n) is 1.51. The largest absolute Gasteiger partial charge is 0.417 e. The van der Waals surface area contributed by atoms with Crippen LogP contribution < -0.4 is 5.32 Å². The summed E-state index contributed by atoms with van der Waals surface area (Å²) in [6, 6.07) is 1.36. The predicted molar refractivity (Wildman–Crippen MR) is 64.1 cm³/mol. The Hall–Kier alpha value is -1.67. The third-order valence-corrected chi connectivity index (χ3v) is 2.50. The first kappa shape index (κ1) is 16.4. The smallest absolute Gasteiger partial charge is 0.396 e. The third-order valence-electron chi connectivity index (χ3n) is 2.50. The molecule has 20 heavy (non-hydrogen) atoms. The van der Waals surface area contributed by atoms with Crippen LogP contribution in [0, 0.1) is 0 Å². The number of carbonyl (C=O) groups is 1. The number of amides is 1. The summed E-state index contributed by atoms with van der Waals surface area (Å²) in [4.78, 5) is 15.3. The molecular weight excluding hydrogens is 277 g/mol. The molecule has 1 atom stereocenters. The number of aliphatic hydroxyl groups excluding tert-OH is 1. The number of aromatic nitrogens is 1. The summed E-state index contributed by atoms with van der Waals surface area (Å²) in [6.07, 6.45) is -3.61. The van der Waals surface area contributed by atoms with Gasteiger partial charge in [-0.25, -0.2) is 0 Å². The molecule has 1 unspecified atom stereocenters. The summed E-state index contributed by atoms with van der Waals surface area (Å²) in [6.45, 7) is 0.0433. The number of halogens is 3. The number of alkyl halides is 3. The Morgan fingerprint density at radius 2 is 2.20 bits per heavy atom. The Labute approximate surface area is 113 Å². The maximum absolute atomic E-state index is 12.3. The molecule has 2 N–H and O–H groups in total. The SMILES string of the molecule is COCC(CCO)NC(=O)c1ccc(C(F)(F)F)cn1. The maximum Gasteiger partial charge on any atom is 0.417 e. The van der Waals surface area contributed by atoms with E-state index in [1.807, 2.05) is 0 Å². The topological polar surface area (TPSA) is 71.5 Å². The van der Waals surface area contributed by atoms with Gasteiger partial charge < -0.3 is 15.2 Å². The van der Waals surface area contributed by atoms with E-state index in [-0.39, 0.29) is 25.3 Å². The molecule has 0 aliphatic carbocycles. The number of nitrogens with one attached hydrogen (secondary N) is 1. The van der Waals surface area contributed by atoms with Crippen LogP contribution in [0.5, 0.6) is 0 Å². The average Bonchev–Trinajstić information content (AvgIpc) is 2.38. The number of hydrogen-bond donors (Lipinski definition) is 2. The van der Waals surface area contributed by atoms with Gasteiger partial charge in [0, 0.05) is 19.9 Å². The summed E-state index contributed by atoms with van der Waals surface area (Å²) in [5.41, 5.74) is -1.05. The molecule has 1 aromatic heterocycles. The van der Waals surface area contributed by atoms with Crippen molar-refractivity contribution in [2.75, 3.05) is 20.3 Å². The molecule has 0 spiro atoms. The van der Waals surface area contributed by atoms with E-state index in [9.17, 15) is 18.0 Å². The second kappa shape index (κ2) is 7.20. The van der Waals surface area contributed by atoms with Crippen LogP contribution in [0.1, 0.15) is 22.5 Å². The van der Waals surface area contributed by atoms with Crippen LogP contribution in [-0.4, -0.2) is 42.4 Å². The van der Waals surface area contributed by atoms with Gasteiger partial charge in [-0.1, -0.05) is 0 Å². The number of hydrogen-bond acceptors (Lipinski definition) is 4. The van der Waals surface area contributed by atoms with Gasteiger partial charge in [0.15, 0.2) is 0 Å². The second-order valence-electron chi connectivity index (χ2n) is 4.07. The van der Waals surface area contributed by atoms with Crippen molar-refractivity contribution in [1.82, 2.24) is 10.3 Å². The van der Waals surface area contributed by atoms with Crippen LogP contribution in [0.15, 0.2) is 18.3 Å². The van der Waals surface area contributed by atoms with Crippen molar-refractivity contribution in [2.45, 2.75) is 18.6 Å². The van der Waals surface area contributed by atoms with Gasteiger partial charge in [0.05, 0.1) is 18.2 Å². The van der Waals surface area contributed by atoms with E-state index in [0.717, 1.165) is 12.1 Å². The zero-order valence-electron chi connectivity index (χ0n) is 10.8. The molecule has 1 amide bonds. The highest BCUT2D eigenvalue weighted by molar-refractivity contribution is 5.92. The normalized spacial score (nSPS) is 13.1. The molecule has 1 aromatic rings. The summed E-state index contributed by atoms with van der Waals surface area (Å²) in [5, 5.41) is 11.4. The quantitative estimate of drug-likeness (QED) is 0.827. The van der Waals surface area contributed by atoms with Gasteiger partial charge in [-0.2, -0.15) is 13.2 Å². The highest BCUT2D eigenvalue weighted by Crippen LogP contribution is 2.28. The number of ether oxygens (including phenoxy) is 1. The number of rotatable bonds is 6. The van der Waals surface area contributed by atoms with Gasteiger partial charge in [0.1, 0.15) is 5.69 Å². The Morgan fingerprint density at radius 1 is 1.50 bits per heavy atom. The zero-order valence-corrected chi connectivity index (χ0v) is 10.8. The fraction of sp³-hybridized carbons (Fsp3) is 0.500. The number of aliphatic hydroxyl groups is 1. The van der Waals surface area contributed by atoms with Crippen LogP contribution in [0.4, 0.5) is 13.2 Å². The number of pyridine rings is 1. The molecule has 0 bridgehead atoms. The van der Waals surface area contributed by atoms with Gasteiger partial charge in [-0.05, 0) is 18.6 Å². The minimum atomic E-state index is -4.49. The van der Waals surface area contributed by atoms with E-state index in [4.69, 9.17) is 9.84 Å². The van der Waals surface area contributed by atoms with E-state index in [0.29, 0.717) is 6.20 Å². The number of carbonyl (C=O) groups excluding carboxylic acids is 1. The van der Waals surface area contributed by atoms with E-state index in [2.05, 4.69) is 10.3 Å². The fourth-order valence-corrected chi connectivity index (χ4v) is 1.51. The monoisotopic (exact) mass is 292 g/mol. The molecule has 112 valence electrons. The highest BCUT2D eigenvalue weighted by atomic mass is 19.4. The van der Waals surface area contributed by atoms with Crippen LogP contribution in [0.3, 0.4) is 0 Å². The van der Waals surface area contributed by atoms with Crippen LogP contribution >= 0.6 is 0 Å². The van der Waals surface area contributed by atoms with Crippen molar-refractivity contribution < 1.29 is 27.8 Å². The minimum Gasteiger partial charge on any atom is -0.396 e. The van der Waals surface area contributed by atoms with Gasteiger partial charge in [0.2, 0.25) is 0 Å². The van der Waals surface area contributed by atoms with Crippen LogP contribution in [0.25, 0.3) is 0 Å². The molecule has 0 aliphatic rings. The van der Waals surface area contributed by atoms with Crippen molar-refractivity contribution in [3.8, 4) is 0 Å². The van der Waals surface area contributed by atoms with E-state index in [1.165, 1.54) is 7.11 Å². The minimum absolute atomic E-state index is 0.128. The number of nitrogens with zero attached hydrogens (tertiary/aromatic N) is 1. The molecule has 0 aliphatic heterocycles. The van der Waals surface area contributed by atoms with Gasteiger partial charge in [0.25, 0.3) is 5.91 Å². The second-order valence-corrected chi connectivity index (χ2v) is 4.07. The molecule has 0 radical (unpaired) electrons. The lowest BCUT2D eigenvalue weighted by Crippen LogP contribution is -2.39. The van der Waals surface area contributed by atoms with Crippen LogP contribution in [-0.2, 0) is 10.9 Å². The van der Waals surface area contributed by atoms with Gasteiger partial charge >= 0.3 is 6.18 Å². The van der Waals surface area contributed by atoms with Crippen molar-refractivity contribution in [2.24, 2.45) is 0 Å². The first-order valence-corrected chi connectivity index (χ1v) is 5.82. The Balaban J connectivity index is 2.72. The molecular formula is C12H15F3N2O3. The Morgan fingerprint density at radius 3 is 2.65 bits per heavy atom. The molecule has 0 fully saturated rings. The van der Waals surface area contributed by atoms with Crippen molar-refractivity contribution in [3.05, 3.63) is 29.6 Å². The highest BCUT2D eigenvalue weighted by Gasteiger charge is 2.31. The zero-order chi connectivity index (χ0) is 15.2. The lowest BCUT2D eigenvalue weighted by Gasteiger charge is -2.16. The Bertz CT molecular complexity index is 429. The summed E-state index contributed by atoms with van der Waals surface area (Å²) in [5.74, 6) is -0.616. The molecule has 1 rings (SSSR count). The van der Waals surface area contributed by atoms with Crippen molar-refractivity contribution in [1.29, 1.82) is 0 Å².